The molecule has 6 heteroatoms. The Morgan fingerprint density at radius 2 is 2.12 bits per heavy atom. The van der Waals surface area contributed by atoms with Crippen LogP contribution in [-0.4, -0.2) is 15.9 Å². The van der Waals surface area contributed by atoms with Gasteiger partial charge in [0.05, 0.1) is 4.34 Å². The average Bonchev–Trinajstić information content (AvgIpc) is 2.74. The van der Waals surface area contributed by atoms with Crippen LogP contribution in [-0.2, 0) is 4.79 Å². The molecule has 0 aliphatic carbocycles. The van der Waals surface area contributed by atoms with Gasteiger partial charge in [0.1, 0.15) is 0 Å². The van der Waals surface area contributed by atoms with Gasteiger partial charge in [-0.3, -0.25) is 10.1 Å². The van der Waals surface area contributed by atoms with Gasteiger partial charge in [-0.25, -0.2) is 9.97 Å². The SMILES string of the molecule is O=C(/C=C/c1ccc(Cl)s1)Nc1ncccn1. The standard InChI is InChI=1S/C11H8ClN3OS/c12-9-4-2-8(17-9)3-5-10(16)15-11-13-6-1-7-14-11/h1-7H,(H,13,14,15,16)/b5-3+. The lowest BCUT2D eigenvalue weighted by Gasteiger charge is -1.97. The Hall–Kier alpha value is -1.72. The number of nitrogens with one attached hydrogen (secondary N) is 1. The highest BCUT2D eigenvalue weighted by atomic mass is 35.5. The Kier molecular flexibility index (Phi) is 3.85. The molecule has 0 radical (unpaired) electrons. The second-order valence-corrected chi connectivity index (χ2v) is 4.78. The molecule has 0 atom stereocenters. The van der Waals surface area contributed by atoms with Crippen LogP contribution in [0.5, 0.6) is 0 Å². The van der Waals surface area contributed by atoms with E-state index in [1.165, 1.54) is 17.4 Å². The maximum Gasteiger partial charge on any atom is 0.250 e. The van der Waals surface area contributed by atoms with Crippen molar-refractivity contribution < 1.29 is 4.79 Å². The van der Waals surface area contributed by atoms with Gasteiger partial charge < -0.3 is 0 Å². The van der Waals surface area contributed by atoms with Crippen molar-refractivity contribution in [1.82, 2.24) is 9.97 Å². The molecule has 0 aromatic carbocycles. The molecule has 4 nitrogen and oxygen atoms in total. The second kappa shape index (κ2) is 5.56. The van der Waals surface area contributed by atoms with Crippen LogP contribution in [0.15, 0.2) is 36.7 Å². The molecule has 2 aromatic heterocycles. The molecule has 1 amide bonds. The maximum atomic E-state index is 11.5. The Labute approximate surface area is 107 Å². The lowest BCUT2D eigenvalue weighted by Crippen LogP contribution is -2.10. The van der Waals surface area contributed by atoms with E-state index in [1.54, 1.807) is 30.6 Å². The van der Waals surface area contributed by atoms with E-state index < -0.39 is 0 Å². The fraction of sp³-hybridized carbons (Fsp3) is 0. The molecule has 0 spiro atoms. The summed E-state index contributed by atoms with van der Waals surface area (Å²) in [5, 5.41) is 2.54. The van der Waals surface area contributed by atoms with Crippen molar-refractivity contribution in [3.05, 3.63) is 45.9 Å². The number of anilines is 1. The quantitative estimate of drug-likeness (QED) is 0.869. The molecule has 0 saturated carbocycles. The van der Waals surface area contributed by atoms with Gasteiger partial charge in [0.25, 0.3) is 5.91 Å². The Bertz CT molecular complexity index is 539. The summed E-state index contributed by atoms with van der Waals surface area (Å²) in [6, 6.07) is 5.30. The molecule has 17 heavy (non-hydrogen) atoms. The van der Waals surface area contributed by atoms with Crippen molar-refractivity contribution in [2.75, 3.05) is 5.32 Å². The third-order valence-electron chi connectivity index (χ3n) is 1.79. The number of hydrogen-bond acceptors (Lipinski definition) is 4. The number of nitrogens with zero attached hydrogens (tertiary/aromatic N) is 2. The molecule has 0 aliphatic heterocycles. The van der Waals surface area contributed by atoms with Crippen LogP contribution in [0.1, 0.15) is 4.88 Å². The second-order valence-electron chi connectivity index (χ2n) is 3.04. The minimum atomic E-state index is -0.277. The zero-order valence-electron chi connectivity index (χ0n) is 8.63. The lowest BCUT2D eigenvalue weighted by molar-refractivity contribution is -0.111. The Morgan fingerprint density at radius 3 is 2.76 bits per heavy atom. The van der Waals surface area contributed by atoms with E-state index in [-0.39, 0.29) is 11.9 Å². The van der Waals surface area contributed by atoms with Crippen molar-refractivity contribution in [2.45, 2.75) is 0 Å². The van der Waals surface area contributed by atoms with Gasteiger partial charge in [0.15, 0.2) is 0 Å². The first-order chi connectivity index (χ1) is 8.24. The molecule has 0 aliphatic rings. The predicted molar refractivity (Wildman–Crippen MR) is 69.0 cm³/mol. The highest BCUT2D eigenvalue weighted by Gasteiger charge is 1.99. The third-order valence-corrected chi connectivity index (χ3v) is 2.99. The molecule has 0 fully saturated rings. The van der Waals surface area contributed by atoms with Crippen LogP contribution in [0.25, 0.3) is 6.08 Å². The van der Waals surface area contributed by atoms with Crippen LogP contribution >= 0.6 is 22.9 Å². The molecule has 1 N–H and O–H groups in total. The molecular weight excluding hydrogens is 258 g/mol. The smallest absolute Gasteiger partial charge is 0.250 e. The lowest BCUT2D eigenvalue weighted by atomic mass is 10.4. The van der Waals surface area contributed by atoms with Crippen molar-refractivity contribution in [3.63, 3.8) is 0 Å². The first-order valence-electron chi connectivity index (χ1n) is 4.75. The monoisotopic (exact) mass is 265 g/mol. The van der Waals surface area contributed by atoms with Crippen LogP contribution in [0.3, 0.4) is 0 Å². The van der Waals surface area contributed by atoms with Crippen molar-refractivity contribution in [3.8, 4) is 0 Å². The number of thiophene rings is 1. The predicted octanol–water partition coefficient (Wildman–Crippen LogP) is 2.84. The molecular formula is C11H8ClN3OS. The molecule has 0 bridgehead atoms. The number of carbonyl (C=O) groups is 1. The molecule has 0 unspecified atom stereocenters. The van der Waals surface area contributed by atoms with Crippen LogP contribution in [0.2, 0.25) is 4.34 Å². The van der Waals surface area contributed by atoms with E-state index in [0.29, 0.717) is 4.34 Å². The molecule has 2 heterocycles. The van der Waals surface area contributed by atoms with Gasteiger partial charge in [-0.2, -0.15) is 0 Å². The van der Waals surface area contributed by atoms with E-state index in [9.17, 15) is 4.79 Å². The summed E-state index contributed by atoms with van der Waals surface area (Å²) in [5.41, 5.74) is 0. The van der Waals surface area contributed by atoms with Gasteiger partial charge >= 0.3 is 0 Å². The van der Waals surface area contributed by atoms with E-state index in [0.717, 1.165) is 4.88 Å². The zero-order chi connectivity index (χ0) is 12.1. The minimum absolute atomic E-state index is 0.277. The topological polar surface area (TPSA) is 54.9 Å². The number of hydrogen-bond donors (Lipinski definition) is 1. The summed E-state index contributed by atoms with van der Waals surface area (Å²) < 4.78 is 0.691. The summed E-state index contributed by atoms with van der Waals surface area (Å²) in [5.74, 6) is 0.00656. The van der Waals surface area contributed by atoms with Gasteiger partial charge in [-0.1, -0.05) is 11.6 Å². The number of carbonyl (C=O) groups excluding carboxylic acids is 1. The molecule has 0 saturated heterocycles. The molecule has 86 valence electrons. The summed E-state index contributed by atoms with van der Waals surface area (Å²) >= 11 is 7.17. The Morgan fingerprint density at radius 1 is 1.35 bits per heavy atom. The molecule has 2 aromatic rings. The Balaban J connectivity index is 1.96. The van der Waals surface area contributed by atoms with Gasteiger partial charge in [-0.15, -0.1) is 11.3 Å². The van der Waals surface area contributed by atoms with Crippen molar-refractivity contribution in [1.29, 1.82) is 0 Å². The summed E-state index contributed by atoms with van der Waals surface area (Å²) in [7, 11) is 0. The van der Waals surface area contributed by atoms with Crippen molar-refractivity contribution >= 4 is 40.9 Å². The fourth-order valence-electron chi connectivity index (χ4n) is 1.09. The molecule has 2 rings (SSSR count). The number of rotatable bonds is 3. The van der Waals surface area contributed by atoms with Crippen LogP contribution in [0.4, 0.5) is 5.95 Å². The first kappa shape index (κ1) is 11.8. The van der Waals surface area contributed by atoms with E-state index in [1.807, 2.05) is 6.07 Å². The van der Waals surface area contributed by atoms with Gasteiger partial charge in [0.2, 0.25) is 5.95 Å². The highest BCUT2D eigenvalue weighted by Crippen LogP contribution is 2.22. The number of amides is 1. The average molecular weight is 266 g/mol. The van der Waals surface area contributed by atoms with Crippen LogP contribution in [0, 0.1) is 0 Å². The summed E-state index contributed by atoms with van der Waals surface area (Å²) in [6.07, 6.45) is 6.23. The van der Waals surface area contributed by atoms with Gasteiger partial charge in [0, 0.05) is 23.3 Å². The normalized spacial score (nSPS) is 10.6. The van der Waals surface area contributed by atoms with Gasteiger partial charge in [-0.05, 0) is 24.3 Å². The van der Waals surface area contributed by atoms with Crippen molar-refractivity contribution in [2.24, 2.45) is 0 Å². The third kappa shape index (κ3) is 3.65. The fourth-order valence-corrected chi connectivity index (χ4v) is 2.05. The summed E-state index contributed by atoms with van der Waals surface area (Å²) in [4.78, 5) is 20.2. The first-order valence-corrected chi connectivity index (χ1v) is 5.95. The number of halogens is 1. The van der Waals surface area contributed by atoms with E-state index in [4.69, 9.17) is 11.6 Å². The minimum Gasteiger partial charge on any atom is -0.291 e. The zero-order valence-corrected chi connectivity index (χ0v) is 10.2. The van der Waals surface area contributed by atoms with Crippen LogP contribution < -0.4 is 5.32 Å². The largest absolute Gasteiger partial charge is 0.291 e. The maximum absolute atomic E-state index is 11.5. The highest BCUT2D eigenvalue weighted by molar-refractivity contribution is 7.17. The van der Waals surface area contributed by atoms with E-state index >= 15 is 0 Å². The number of aromatic nitrogens is 2. The van der Waals surface area contributed by atoms with E-state index in [2.05, 4.69) is 15.3 Å². The summed E-state index contributed by atoms with van der Waals surface area (Å²) in [6.45, 7) is 0.